The Labute approximate surface area is 105 Å². The average molecular weight is 251 g/mol. The molecule has 0 bridgehead atoms. The first-order valence-electron chi connectivity index (χ1n) is 5.83. The van der Waals surface area contributed by atoms with Crippen LogP contribution in [0, 0.1) is 0 Å². The number of β-amino-alcohol motifs (C(OH)–C–C–N with tert-alkyl or cyclic N) is 1. The summed E-state index contributed by atoms with van der Waals surface area (Å²) in [5.74, 6) is 0.0247. The van der Waals surface area contributed by atoms with Crippen LogP contribution in [0.4, 0.5) is 0 Å². The molecule has 18 heavy (non-hydrogen) atoms. The van der Waals surface area contributed by atoms with Crippen molar-refractivity contribution in [3.63, 3.8) is 0 Å². The molecule has 0 aromatic carbocycles. The Morgan fingerprint density at radius 2 is 2.50 bits per heavy atom. The molecule has 1 aliphatic rings. The number of likely N-dealkylation sites (tertiary alicyclic amines) is 1. The summed E-state index contributed by atoms with van der Waals surface area (Å²) >= 11 is 0. The van der Waals surface area contributed by atoms with Gasteiger partial charge in [-0.15, -0.1) is 0 Å². The van der Waals surface area contributed by atoms with Gasteiger partial charge in [0.2, 0.25) is 0 Å². The van der Waals surface area contributed by atoms with Crippen molar-refractivity contribution in [3.8, 4) is 5.75 Å². The third kappa shape index (κ3) is 2.77. The molecule has 0 saturated carbocycles. The molecule has 6 nitrogen and oxygen atoms in total. The minimum absolute atomic E-state index is 0.192. The zero-order valence-electron chi connectivity index (χ0n) is 10.3. The zero-order chi connectivity index (χ0) is 13.1. The maximum Gasteiger partial charge on any atom is 0.267 e. The van der Waals surface area contributed by atoms with E-state index in [4.69, 9.17) is 10.5 Å². The van der Waals surface area contributed by atoms with Gasteiger partial charge >= 0.3 is 0 Å². The first-order valence-corrected chi connectivity index (χ1v) is 5.83. The maximum absolute atomic E-state index is 11.0. The highest BCUT2D eigenvalue weighted by atomic mass is 16.5. The van der Waals surface area contributed by atoms with Crippen LogP contribution in [0.25, 0.3) is 0 Å². The number of aliphatic hydroxyl groups excluding tert-OH is 1. The topological polar surface area (TPSA) is 88.7 Å². The van der Waals surface area contributed by atoms with E-state index < -0.39 is 5.91 Å². The first kappa shape index (κ1) is 12.8. The van der Waals surface area contributed by atoms with E-state index in [0.717, 1.165) is 18.5 Å². The second kappa shape index (κ2) is 5.32. The van der Waals surface area contributed by atoms with Crippen molar-refractivity contribution in [1.29, 1.82) is 0 Å². The Hall–Kier alpha value is -1.66. The van der Waals surface area contributed by atoms with Gasteiger partial charge in [0, 0.05) is 37.5 Å². The lowest BCUT2D eigenvalue weighted by Gasteiger charge is -2.17. The third-order valence-electron chi connectivity index (χ3n) is 3.06. The number of rotatable bonds is 4. The quantitative estimate of drug-likeness (QED) is 0.770. The van der Waals surface area contributed by atoms with E-state index in [1.54, 1.807) is 19.4 Å². The number of nitrogens with zero attached hydrogens (tertiary/aromatic N) is 2. The number of pyridine rings is 1. The van der Waals surface area contributed by atoms with E-state index in [1.165, 1.54) is 0 Å². The summed E-state index contributed by atoms with van der Waals surface area (Å²) in [4.78, 5) is 17.2. The van der Waals surface area contributed by atoms with Crippen molar-refractivity contribution in [2.45, 2.75) is 19.1 Å². The second-order valence-corrected chi connectivity index (χ2v) is 4.42. The number of carbonyl (C=O) groups is 1. The molecule has 1 fully saturated rings. The fraction of sp³-hybridized carbons (Fsp3) is 0.500. The van der Waals surface area contributed by atoms with Crippen LogP contribution in [-0.2, 0) is 6.54 Å². The summed E-state index contributed by atoms with van der Waals surface area (Å²) in [6.07, 6.45) is 2.13. The number of carbonyl (C=O) groups excluding carboxylic acids is 1. The van der Waals surface area contributed by atoms with E-state index in [2.05, 4.69) is 9.88 Å². The molecule has 1 saturated heterocycles. The molecule has 3 N–H and O–H groups in total. The van der Waals surface area contributed by atoms with Crippen molar-refractivity contribution in [2.24, 2.45) is 5.73 Å². The van der Waals surface area contributed by atoms with Gasteiger partial charge < -0.3 is 15.6 Å². The number of amides is 1. The Kier molecular flexibility index (Phi) is 3.78. The fourth-order valence-corrected chi connectivity index (χ4v) is 2.11. The highest BCUT2D eigenvalue weighted by Gasteiger charge is 2.21. The van der Waals surface area contributed by atoms with Crippen LogP contribution >= 0.6 is 0 Å². The monoisotopic (exact) mass is 251 g/mol. The number of hydrogen-bond acceptors (Lipinski definition) is 5. The molecule has 0 unspecified atom stereocenters. The average Bonchev–Trinajstić information content (AvgIpc) is 2.75. The van der Waals surface area contributed by atoms with Gasteiger partial charge in [-0.05, 0) is 6.42 Å². The van der Waals surface area contributed by atoms with E-state index in [0.29, 0.717) is 18.8 Å². The van der Waals surface area contributed by atoms with E-state index >= 15 is 0 Å². The minimum Gasteiger partial charge on any atom is -0.496 e. The normalized spacial score (nSPS) is 20.0. The standard InChI is InChI=1S/C12H17N3O3/c1-18-11-4-10(12(13)17)14-5-8(11)6-15-3-2-9(16)7-15/h4-5,9,16H,2-3,6-7H2,1H3,(H2,13,17)/t9-/m1/s1. The molecule has 1 amide bonds. The van der Waals surface area contributed by atoms with Crippen LogP contribution in [0.5, 0.6) is 5.75 Å². The lowest BCUT2D eigenvalue weighted by molar-refractivity contribution is 0.0995. The molecule has 1 aromatic heterocycles. The number of nitrogens with two attached hydrogens (primary N) is 1. The summed E-state index contributed by atoms with van der Waals surface area (Å²) in [6.45, 7) is 2.15. The minimum atomic E-state index is -0.573. The molecule has 2 heterocycles. The lowest BCUT2D eigenvalue weighted by Crippen LogP contribution is -2.22. The maximum atomic E-state index is 11.0. The van der Waals surface area contributed by atoms with Crippen molar-refractivity contribution in [1.82, 2.24) is 9.88 Å². The van der Waals surface area contributed by atoms with Crippen LogP contribution < -0.4 is 10.5 Å². The van der Waals surface area contributed by atoms with Crippen molar-refractivity contribution in [2.75, 3.05) is 20.2 Å². The molecule has 0 radical (unpaired) electrons. The van der Waals surface area contributed by atoms with Crippen LogP contribution in [-0.4, -0.2) is 47.2 Å². The van der Waals surface area contributed by atoms with Crippen LogP contribution in [0.2, 0.25) is 0 Å². The molecular weight excluding hydrogens is 234 g/mol. The van der Waals surface area contributed by atoms with Gasteiger partial charge in [0.25, 0.3) is 5.91 Å². The molecule has 1 aromatic rings. The van der Waals surface area contributed by atoms with Crippen LogP contribution in [0.15, 0.2) is 12.3 Å². The number of aromatic nitrogens is 1. The molecular formula is C12H17N3O3. The van der Waals surface area contributed by atoms with Gasteiger partial charge in [-0.2, -0.15) is 0 Å². The Morgan fingerprint density at radius 1 is 1.72 bits per heavy atom. The van der Waals surface area contributed by atoms with Gasteiger partial charge in [0.05, 0.1) is 13.2 Å². The smallest absolute Gasteiger partial charge is 0.267 e. The van der Waals surface area contributed by atoms with Gasteiger partial charge in [0.15, 0.2) is 0 Å². The molecule has 0 spiro atoms. The predicted octanol–water partition coefficient (Wildman–Crippen LogP) is -0.244. The molecule has 0 aliphatic carbocycles. The van der Waals surface area contributed by atoms with E-state index in [9.17, 15) is 9.90 Å². The second-order valence-electron chi connectivity index (χ2n) is 4.42. The molecule has 1 atom stereocenters. The number of hydrogen-bond donors (Lipinski definition) is 2. The van der Waals surface area contributed by atoms with Gasteiger partial charge in [0.1, 0.15) is 11.4 Å². The van der Waals surface area contributed by atoms with Crippen LogP contribution in [0.3, 0.4) is 0 Å². The largest absolute Gasteiger partial charge is 0.496 e. The summed E-state index contributed by atoms with van der Waals surface area (Å²) in [5.41, 5.74) is 6.25. The third-order valence-corrected chi connectivity index (χ3v) is 3.06. The van der Waals surface area contributed by atoms with Crippen molar-refractivity contribution in [3.05, 3.63) is 23.5 Å². The SMILES string of the molecule is COc1cc(C(N)=O)ncc1CN1CC[C@@H](O)C1. The molecule has 98 valence electrons. The van der Waals surface area contributed by atoms with Crippen molar-refractivity contribution >= 4 is 5.91 Å². The van der Waals surface area contributed by atoms with E-state index in [1.807, 2.05) is 0 Å². The summed E-state index contributed by atoms with van der Waals surface area (Å²) in [6, 6.07) is 1.55. The Bertz CT molecular complexity index is 450. The molecule has 1 aliphatic heterocycles. The molecule has 6 heteroatoms. The van der Waals surface area contributed by atoms with Gasteiger partial charge in [-0.25, -0.2) is 0 Å². The number of ether oxygens (including phenoxy) is 1. The van der Waals surface area contributed by atoms with Gasteiger partial charge in [-0.1, -0.05) is 0 Å². The first-order chi connectivity index (χ1) is 8.60. The highest BCUT2D eigenvalue weighted by molar-refractivity contribution is 5.91. The highest BCUT2D eigenvalue weighted by Crippen LogP contribution is 2.22. The summed E-state index contributed by atoms with van der Waals surface area (Å²) < 4.78 is 5.24. The number of primary amides is 1. The lowest BCUT2D eigenvalue weighted by atomic mass is 10.2. The van der Waals surface area contributed by atoms with Crippen LogP contribution in [0.1, 0.15) is 22.5 Å². The Morgan fingerprint density at radius 3 is 3.06 bits per heavy atom. The number of methoxy groups -OCH3 is 1. The fourth-order valence-electron chi connectivity index (χ4n) is 2.11. The summed E-state index contributed by atoms with van der Waals surface area (Å²) in [5, 5.41) is 9.47. The van der Waals surface area contributed by atoms with Gasteiger partial charge in [-0.3, -0.25) is 14.7 Å². The molecule has 2 rings (SSSR count). The zero-order valence-corrected chi connectivity index (χ0v) is 10.3. The predicted molar refractivity (Wildman–Crippen MR) is 65.2 cm³/mol. The van der Waals surface area contributed by atoms with Crippen molar-refractivity contribution < 1.29 is 14.6 Å². The number of aliphatic hydroxyl groups is 1. The summed E-state index contributed by atoms with van der Waals surface area (Å²) in [7, 11) is 1.54. The Balaban J connectivity index is 2.14. The van der Waals surface area contributed by atoms with E-state index in [-0.39, 0.29) is 11.8 Å².